The van der Waals surface area contributed by atoms with Crippen LogP contribution in [-0.2, 0) is 4.74 Å². The molecule has 2 atom stereocenters. The first-order valence-electron chi connectivity index (χ1n) is 5.63. The number of nitrogens with zero attached hydrogens (tertiary/aromatic N) is 1. The smallest absolute Gasteiger partial charge is 0.408 e. The lowest BCUT2D eigenvalue weighted by molar-refractivity contribution is -0.0268. The van der Waals surface area contributed by atoms with Gasteiger partial charge in [0.2, 0.25) is 0 Å². The molecule has 0 bridgehead atoms. The van der Waals surface area contributed by atoms with E-state index in [1.54, 1.807) is 7.11 Å². The van der Waals surface area contributed by atoms with Crippen LogP contribution in [0.25, 0.3) is 0 Å². The van der Waals surface area contributed by atoms with Crippen molar-refractivity contribution in [2.24, 2.45) is 0 Å². The predicted molar refractivity (Wildman–Crippen MR) is 61.7 cm³/mol. The molecule has 1 aliphatic rings. The van der Waals surface area contributed by atoms with E-state index in [0.29, 0.717) is 6.54 Å². The molecule has 0 spiro atoms. The number of carbonyl (C=O) groups is 1. The van der Waals surface area contributed by atoms with E-state index in [-0.39, 0.29) is 12.1 Å². The number of nitrogens with one attached hydrogen (secondary N) is 1. The van der Waals surface area contributed by atoms with Crippen molar-refractivity contribution in [1.82, 2.24) is 10.2 Å². The third kappa shape index (κ3) is 2.86. The van der Waals surface area contributed by atoms with E-state index < -0.39 is 11.6 Å². The molecule has 1 heterocycles. The van der Waals surface area contributed by atoms with Crippen LogP contribution in [0, 0.1) is 0 Å². The molecular formula is C11H22N2O3. The molecule has 0 aromatic rings. The Kier molecular flexibility index (Phi) is 4.15. The van der Waals surface area contributed by atoms with Crippen LogP contribution in [0.15, 0.2) is 0 Å². The van der Waals surface area contributed by atoms with E-state index in [0.717, 1.165) is 13.0 Å². The maximum atomic E-state index is 11.3. The monoisotopic (exact) mass is 230 g/mol. The van der Waals surface area contributed by atoms with Gasteiger partial charge in [-0.2, -0.15) is 0 Å². The molecule has 0 aliphatic carbocycles. The van der Waals surface area contributed by atoms with Crippen molar-refractivity contribution in [3.05, 3.63) is 0 Å². The van der Waals surface area contributed by atoms with Gasteiger partial charge in [0.25, 0.3) is 0 Å². The van der Waals surface area contributed by atoms with Crippen LogP contribution in [0.5, 0.6) is 0 Å². The zero-order chi connectivity index (χ0) is 12.3. The molecule has 0 aromatic carbocycles. The van der Waals surface area contributed by atoms with Crippen LogP contribution in [0.3, 0.4) is 0 Å². The first-order valence-corrected chi connectivity index (χ1v) is 5.63. The Balaban J connectivity index is 2.87. The van der Waals surface area contributed by atoms with Crippen molar-refractivity contribution < 1.29 is 14.6 Å². The van der Waals surface area contributed by atoms with Crippen molar-refractivity contribution in [3.8, 4) is 0 Å². The Morgan fingerprint density at radius 2 is 2.12 bits per heavy atom. The standard InChI is InChI=1S/C11H22N2O3/c1-11(2,3)13(10(14)15)8-7-12-6-5-9(8)16-4/h8-9,12H,5-7H2,1-4H3,(H,14,15)/t8-,9+/m1/s1. The quantitative estimate of drug-likeness (QED) is 0.747. The van der Waals surface area contributed by atoms with Gasteiger partial charge in [-0.15, -0.1) is 0 Å². The summed E-state index contributed by atoms with van der Waals surface area (Å²) in [6, 6.07) is -0.115. The van der Waals surface area contributed by atoms with Crippen molar-refractivity contribution in [1.29, 1.82) is 0 Å². The number of amides is 1. The maximum absolute atomic E-state index is 11.3. The van der Waals surface area contributed by atoms with Gasteiger partial charge in [-0.25, -0.2) is 4.79 Å². The van der Waals surface area contributed by atoms with Gasteiger partial charge in [0, 0.05) is 19.2 Å². The first kappa shape index (κ1) is 13.3. The lowest BCUT2D eigenvalue weighted by Gasteiger charge is -2.44. The number of carboxylic acid groups (broad SMARTS) is 1. The predicted octanol–water partition coefficient (Wildman–Crippen LogP) is 1.14. The van der Waals surface area contributed by atoms with Gasteiger partial charge in [-0.3, -0.25) is 4.90 Å². The Morgan fingerprint density at radius 1 is 1.50 bits per heavy atom. The highest BCUT2D eigenvalue weighted by atomic mass is 16.5. The maximum Gasteiger partial charge on any atom is 0.408 e. The van der Waals surface area contributed by atoms with Gasteiger partial charge in [0.1, 0.15) is 0 Å². The van der Waals surface area contributed by atoms with E-state index in [1.165, 1.54) is 4.90 Å². The molecule has 2 N–H and O–H groups in total. The second kappa shape index (κ2) is 5.01. The molecule has 5 heteroatoms. The van der Waals surface area contributed by atoms with Crippen LogP contribution in [0.2, 0.25) is 0 Å². The zero-order valence-electron chi connectivity index (χ0n) is 10.5. The lowest BCUT2D eigenvalue weighted by Crippen LogP contribution is -2.61. The molecule has 0 aromatic heterocycles. The van der Waals surface area contributed by atoms with Crippen molar-refractivity contribution in [2.75, 3.05) is 20.2 Å². The van der Waals surface area contributed by atoms with E-state index in [1.807, 2.05) is 20.8 Å². The summed E-state index contributed by atoms with van der Waals surface area (Å²) in [5.74, 6) is 0. The number of rotatable bonds is 2. The number of piperidine rings is 1. The van der Waals surface area contributed by atoms with Gasteiger partial charge >= 0.3 is 6.09 Å². The summed E-state index contributed by atoms with van der Waals surface area (Å²) in [6.45, 7) is 7.25. The highest BCUT2D eigenvalue weighted by Gasteiger charge is 2.38. The number of methoxy groups -OCH3 is 1. The highest BCUT2D eigenvalue weighted by molar-refractivity contribution is 5.66. The molecular weight excluding hydrogens is 208 g/mol. The van der Waals surface area contributed by atoms with Crippen LogP contribution in [-0.4, -0.2) is 54.0 Å². The van der Waals surface area contributed by atoms with E-state index in [9.17, 15) is 9.90 Å². The van der Waals surface area contributed by atoms with E-state index in [4.69, 9.17) is 4.74 Å². The summed E-state index contributed by atoms with van der Waals surface area (Å²) in [6.07, 6.45) is -0.0547. The second-order valence-corrected chi connectivity index (χ2v) is 5.16. The third-order valence-electron chi connectivity index (χ3n) is 2.95. The summed E-state index contributed by atoms with van der Waals surface area (Å²) in [5.41, 5.74) is -0.410. The van der Waals surface area contributed by atoms with Gasteiger partial charge in [0.15, 0.2) is 0 Å². The largest absolute Gasteiger partial charge is 0.465 e. The van der Waals surface area contributed by atoms with Crippen LogP contribution < -0.4 is 5.32 Å². The summed E-state index contributed by atoms with van der Waals surface area (Å²) < 4.78 is 5.39. The number of hydrogen-bond acceptors (Lipinski definition) is 3. The van der Waals surface area contributed by atoms with Crippen LogP contribution >= 0.6 is 0 Å². The molecule has 0 radical (unpaired) electrons. The Labute approximate surface area is 96.8 Å². The van der Waals surface area contributed by atoms with Gasteiger partial charge in [-0.1, -0.05) is 0 Å². The second-order valence-electron chi connectivity index (χ2n) is 5.16. The van der Waals surface area contributed by atoms with Crippen molar-refractivity contribution >= 4 is 6.09 Å². The van der Waals surface area contributed by atoms with Gasteiger partial charge in [0.05, 0.1) is 12.1 Å². The highest BCUT2D eigenvalue weighted by Crippen LogP contribution is 2.23. The third-order valence-corrected chi connectivity index (χ3v) is 2.95. The lowest BCUT2D eigenvalue weighted by atomic mass is 9.96. The molecule has 0 unspecified atom stereocenters. The fourth-order valence-electron chi connectivity index (χ4n) is 2.28. The summed E-state index contributed by atoms with van der Waals surface area (Å²) in [4.78, 5) is 12.8. The number of hydrogen-bond donors (Lipinski definition) is 2. The molecule has 94 valence electrons. The number of ether oxygens (including phenoxy) is 1. The van der Waals surface area contributed by atoms with Crippen LogP contribution in [0.1, 0.15) is 27.2 Å². The van der Waals surface area contributed by atoms with Crippen molar-refractivity contribution in [3.63, 3.8) is 0 Å². The van der Waals surface area contributed by atoms with Crippen LogP contribution in [0.4, 0.5) is 4.79 Å². The molecule has 1 fully saturated rings. The first-order chi connectivity index (χ1) is 7.38. The van der Waals surface area contributed by atoms with Crippen molar-refractivity contribution in [2.45, 2.75) is 44.9 Å². The molecule has 1 aliphatic heterocycles. The normalized spacial score (nSPS) is 26.5. The Bertz CT molecular complexity index is 250. The summed E-state index contributed by atoms with van der Waals surface area (Å²) in [7, 11) is 1.64. The summed E-state index contributed by atoms with van der Waals surface area (Å²) in [5, 5.41) is 12.5. The van der Waals surface area contributed by atoms with E-state index in [2.05, 4.69) is 5.32 Å². The Hall–Kier alpha value is -0.810. The summed E-state index contributed by atoms with van der Waals surface area (Å²) >= 11 is 0. The van der Waals surface area contributed by atoms with E-state index >= 15 is 0 Å². The fraction of sp³-hybridized carbons (Fsp3) is 0.909. The Morgan fingerprint density at radius 3 is 2.56 bits per heavy atom. The minimum Gasteiger partial charge on any atom is -0.465 e. The molecule has 1 amide bonds. The molecule has 5 nitrogen and oxygen atoms in total. The SMILES string of the molecule is CO[C@H]1CCNC[C@H]1N(C(=O)O)C(C)(C)C. The van der Waals surface area contributed by atoms with Gasteiger partial charge < -0.3 is 15.2 Å². The minimum atomic E-state index is -0.886. The average molecular weight is 230 g/mol. The molecule has 1 rings (SSSR count). The average Bonchev–Trinajstić information content (AvgIpc) is 2.15. The topological polar surface area (TPSA) is 61.8 Å². The zero-order valence-corrected chi connectivity index (χ0v) is 10.5. The molecule has 0 saturated carbocycles. The minimum absolute atomic E-state index is 0.0171. The molecule has 16 heavy (non-hydrogen) atoms. The fourth-order valence-corrected chi connectivity index (χ4v) is 2.28. The molecule has 1 saturated heterocycles. The van der Waals surface area contributed by atoms with Gasteiger partial charge in [-0.05, 0) is 33.7 Å².